The van der Waals surface area contributed by atoms with Crippen LogP contribution in [0.2, 0.25) is 0 Å². The predicted octanol–water partition coefficient (Wildman–Crippen LogP) is 1.01. The highest BCUT2D eigenvalue weighted by Crippen LogP contribution is 2.11. The number of pyridine rings is 1. The van der Waals surface area contributed by atoms with E-state index < -0.39 is 0 Å². The first-order chi connectivity index (χ1) is 6.77. The Hall–Kier alpha value is -1.76. The number of H-pyrrole nitrogens is 1. The van der Waals surface area contributed by atoms with E-state index in [0.29, 0.717) is 10.6 Å². The minimum absolute atomic E-state index is 0.552. The lowest BCUT2D eigenvalue weighted by atomic mass is 10.4. The normalized spacial score (nSPS) is 10.1. The van der Waals surface area contributed by atoms with Gasteiger partial charge < -0.3 is 10.3 Å². The monoisotopic (exact) mass is 208 g/mol. The van der Waals surface area contributed by atoms with Crippen molar-refractivity contribution in [1.29, 1.82) is 0 Å². The summed E-state index contributed by atoms with van der Waals surface area (Å²) < 4.78 is 2.15. The number of aromatic nitrogens is 5. The molecule has 0 aromatic carbocycles. The molecule has 2 heterocycles. The Bertz CT molecular complexity index is 487. The van der Waals surface area contributed by atoms with E-state index in [2.05, 4.69) is 25.8 Å². The first kappa shape index (κ1) is 8.82. The summed E-state index contributed by atoms with van der Waals surface area (Å²) in [7, 11) is 1.75. The van der Waals surface area contributed by atoms with Gasteiger partial charge in [0.15, 0.2) is 0 Å². The summed E-state index contributed by atoms with van der Waals surface area (Å²) in [6.07, 6.45) is 1.77. The Balaban J connectivity index is 2.32. The van der Waals surface area contributed by atoms with Crippen molar-refractivity contribution in [2.45, 2.75) is 0 Å². The average Bonchev–Trinajstić information content (AvgIpc) is 2.56. The molecule has 0 amide bonds. The van der Waals surface area contributed by atoms with Gasteiger partial charge in [0.1, 0.15) is 4.64 Å². The fourth-order valence-electron chi connectivity index (χ4n) is 0.976. The van der Waals surface area contributed by atoms with E-state index in [9.17, 15) is 0 Å². The van der Waals surface area contributed by atoms with Crippen molar-refractivity contribution in [2.24, 2.45) is 7.05 Å². The first-order valence-corrected chi connectivity index (χ1v) is 4.35. The predicted molar refractivity (Wildman–Crippen MR) is 53.7 cm³/mol. The van der Waals surface area contributed by atoms with Gasteiger partial charge in [-0.1, -0.05) is 17.3 Å². The van der Waals surface area contributed by atoms with Crippen LogP contribution in [-0.4, -0.2) is 25.2 Å². The van der Waals surface area contributed by atoms with E-state index in [4.69, 9.17) is 12.2 Å². The van der Waals surface area contributed by atoms with E-state index in [0.717, 1.165) is 5.69 Å². The summed E-state index contributed by atoms with van der Waals surface area (Å²) >= 11 is 5.07. The van der Waals surface area contributed by atoms with Crippen LogP contribution < -0.4 is 5.32 Å². The number of rotatable bonds is 2. The van der Waals surface area contributed by atoms with Gasteiger partial charge in [0, 0.05) is 13.2 Å². The van der Waals surface area contributed by atoms with E-state index in [1.165, 1.54) is 4.68 Å². The average molecular weight is 208 g/mol. The van der Waals surface area contributed by atoms with Gasteiger partial charge in [-0.2, -0.15) is 0 Å². The largest absolute Gasteiger partial charge is 0.351 e. The molecule has 0 unspecified atom stereocenters. The molecule has 0 bridgehead atoms. The Morgan fingerprint density at radius 3 is 3.07 bits per heavy atom. The molecule has 0 aliphatic carbocycles. The van der Waals surface area contributed by atoms with Gasteiger partial charge in [-0.3, -0.25) is 0 Å². The summed E-state index contributed by atoms with van der Waals surface area (Å²) in [6.45, 7) is 0. The van der Waals surface area contributed by atoms with Gasteiger partial charge in [0.2, 0.25) is 5.95 Å². The number of hydrogen-bond donors (Lipinski definition) is 2. The van der Waals surface area contributed by atoms with Crippen LogP contribution in [0.3, 0.4) is 0 Å². The lowest BCUT2D eigenvalue weighted by Crippen LogP contribution is -2.00. The second-order valence-corrected chi connectivity index (χ2v) is 3.07. The number of tetrazole rings is 1. The highest BCUT2D eigenvalue weighted by molar-refractivity contribution is 7.71. The summed E-state index contributed by atoms with van der Waals surface area (Å²) in [5.74, 6) is 0.552. The van der Waals surface area contributed by atoms with Gasteiger partial charge in [-0.25, -0.2) is 4.68 Å². The van der Waals surface area contributed by atoms with Crippen LogP contribution >= 0.6 is 12.2 Å². The van der Waals surface area contributed by atoms with Crippen molar-refractivity contribution in [3.05, 3.63) is 23.0 Å². The fraction of sp³-hybridized carbons (Fsp3) is 0.143. The standard InChI is InChI=1S/C7H8N6S/c1-13-7(10-11-12-13)9-5-3-2-4-8-6(5)14/h2-4H,1H3,(H,8,14)(H,9,10,12). The Kier molecular flexibility index (Phi) is 2.23. The molecule has 7 heteroatoms. The van der Waals surface area contributed by atoms with Crippen molar-refractivity contribution < 1.29 is 0 Å². The van der Waals surface area contributed by atoms with E-state index >= 15 is 0 Å². The Labute approximate surface area is 85.0 Å². The van der Waals surface area contributed by atoms with Crippen LogP contribution in [0.4, 0.5) is 11.6 Å². The van der Waals surface area contributed by atoms with Gasteiger partial charge >= 0.3 is 0 Å². The Morgan fingerprint density at radius 2 is 2.43 bits per heavy atom. The number of nitrogens with one attached hydrogen (secondary N) is 2. The molecular formula is C7H8N6S. The molecule has 0 saturated heterocycles. The second-order valence-electron chi connectivity index (χ2n) is 2.66. The number of aryl methyl sites for hydroxylation is 1. The quantitative estimate of drug-likeness (QED) is 0.721. The zero-order valence-corrected chi connectivity index (χ0v) is 8.25. The highest BCUT2D eigenvalue weighted by atomic mass is 32.1. The number of nitrogens with zero attached hydrogens (tertiary/aromatic N) is 4. The van der Waals surface area contributed by atoms with Crippen molar-refractivity contribution >= 4 is 23.9 Å². The van der Waals surface area contributed by atoms with Crippen LogP contribution in [0.25, 0.3) is 0 Å². The second kappa shape index (κ2) is 3.54. The summed E-state index contributed by atoms with van der Waals surface area (Å²) in [5, 5.41) is 14.0. The fourth-order valence-corrected chi connectivity index (χ4v) is 1.16. The summed E-state index contributed by atoms with van der Waals surface area (Å²) in [4.78, 5) is 2.91. The molecule has 0 spiro atoms. The number of aromatic amines is 1. The highest BCUT2D eigenvalue weighted by Gasteiger charge is 2.02. The molecule has 2 N–H and O–H groups in total. The molecule has 0 radical (unpaired) electrons. The molecule has 0 atom stereocenters. The maximum Gasteiger partial charge on any atom is 0.247 e. The summed E-state index contributed by atoms with van der Waals surface area (Å²) in [5.41, 5.74) is 0.778. The third-order valence-electron chi connectivity index (χ3n) is 1.68. The topological polar surface area (TPSA) is 71.4 Å². The van der Waals surface area contributed by atoms with Crippen LogP contribution in [0.15, 0.2) is 18.3 Å². The SMILES string of the molecule is Cn1nnnc1Nc1ccc[nH]c1=S. The van der Waals surface area contributed by atoms with Crippen molar-refractivity contribution in [3.63, 3.8) is 0 Å². The molecule has 0 fully saturated rings. The van der Waals surface area contributed by atoms with Gasteiger partial charge in [-0.15, -0.1) is 0 Å². The van der Waals surface area contributed by atoms with Crippen LogP contribution in [0.1, 0.15) is 0 Å². The molecule has 14 heavy (non-hydrogen) atoms. The van der Waals surface area contributed by atoms with E-state index in [1.807, 2.05) is 12.1 Å². The third kappa shape index (κ3) is 1.62. The van der Waals surface area contributed by atoms with Crippen molar-refractivity contribution in [1.82, 2.24) is 25.2 Å². The van der Waals surface area contributed by atoms with Gasteiger partial charge in [0.05, 0.1) is 5.69 Å². The molecule has 6 nitrogen and oxygen atoms in total. The van der Waals surface area contributed by atoms with E-state index in [1.54, 1.807) is 13.2 Å². The zero-order chi connectivity index (χ0) is 9.97. The van der Waals surface area contributed by atoms with Crippen LogP contribution in [0, 0.1) is 4.64 Å². The minimum Gasteiger partial charge on any atom is -0.351 e. The molecule has 2 rings (SSSR count). The molecule has 0 saturated carbocycles. The molecule has 2 aromatic rings. The molecule has 0 aliphatic rings. The lowest BCUT2D eigenvalue weighted by molar-refractivity contribution is 0.715. The Morgan fingerprint density at radius 1 is 1.57 bits per heavy atom. The smallest absolute Gasteiger partial charge is 0.247 e. The van der Waals surface area contributed by atoms with Crippen LogP contribution in [-0.2, 0) is 7.05 Å². The minimum atomic E-state index is 0.552. The zero-order valence-electron chi connectivity index (χ0n) is 7.43. The maximum absolute atomic E-state index is 5.07. The molecular weight excluding hydrogens is 200 g/mol. The molecule has 72 valence electrons. The maximum atomic E-state index is 5.07. The van der Waals surface area contributed by atoms with Crippen LogP contribution in [0.5, 0.6) is 0 Å². The number of hydrogen-bond acceptors (Lipinski definition) is 5. The third-order valence-corrected chi connectivity index (χ3v) is 2.02. The van der Waals surface area contributed by atoms with Gasteiger partial charge in [0.25, 0.3) is 0 Å². The lowest BCUT2D eigenvalue weighted by Gasteiger charge is -2.02. The molecule has 0 aliphatic heterocycles. The summed E-state index contributed by atoms with van der Waals surface area (Å²) in [6, 6.07) is 3.70. The van der Waals surface area contributed by atoms with Crippen molar-refractivity contribution in [3.8, 4) is 0 Å². The molecule has 2 aromatic heterocycles. The van der Waals surface area contributed by atoms with Crippen molar-refractivity contribution in [2.75, 3.05) is 5.32 Å². The number of anilines is 2. The van der Waals surface area contributed by atoms with Gasteiger partial charge in [-0.05, 0) is 22.6 Å². The first-order valence-electron chi connectivity index (χ1n) is 3.94. The van der Waals surface area contributed by atoms with E-state index in [-0.39, 0.29) is 0 Å².